The van der Waals surface area contributed by atoms with Crippen LogP contribution in [0.15, 0.2) is 42.0 Å². The fourth-order valence-electron chi connectivity index (χ4n) is 2.12. The second-order valence-electron chi connectivity index (χ2n) is 4.32. The van der Waals surface area contributed by atoms with E-state index in [1.165, 1.54) is 11.1 Å². The first-order valence-corrected chi connectivity index (χ1v) is 5.93. The molecule has 0 bridgehead atoms. The van der Waals surface area contributed by atoms with Gasteiger partial charge in [0.1, 0.15) is 0 Å². The van der Waals surface area contributed by atoms with Crippen LogP contribution in [-0.2, 0) is 6.42 Å². The number of benzene rings is 1. The fraction of sp³-hybridized carbons (Fsp3) is 0.429. The molecule has 0 unspecified atom stereocenters. The Hall–Kier alpha value is -1.12. The van der Waals surface area contributed by atoms with Gasteiger partial charge in [0.15, 0.2) is 0 Å². The first kappa shape index (κ1) is 11.4. The lowest BCUT2D eigenvalue weighted by molar-refractivity contribution is 0.260. The first-order chi connectivity index (χ1) is 7.88. The monoisotopic (exact) mass is 217 g/mol. The van der Waals surface area contributed by atoms with Crippen molar-refractivity contribution in [2.75, 3.05) is 26.2 Å². The summed E-state index contributed by atoms with van der Waals surface area (Å²) >= 11 is 0. The highest BCUT2D eigenvalue weighted by Crippen LogP contribution is 2.10. The maximum Gasteiger partial charge on any atom is 0.0654 e. The van der Waals surface area contributed by atoms with Crippen LogP contribution in [0.2, 0.25) is 0 Å². The molecule has 2 heteroatoms. The molecule has 1 aliphatic heterocycles. The largest absolute Gasteiger partial charge is 0.392 e. The molecule has 2 nitrogen and oxygen atoms in total. The second kappa shape index (κ2) is 5.83. The zero-order valence-electron chi connectivity index (χ0n) is 9.60. The van der Waals surface area contributed by atoms with Gasteiger partial charge in [0.05, 0.1) is 6.61 Å². The zero-order valence-corrected chi connectivity index (χ0v) is 9.60. The van der Waals surface area contributed by atoms with Crippen molar-refractivity contribution in [2.45, 2.75) is 12.8 Å². The van der Waals surface area contributed by atoms with Gasteiger partial charge in [0.25, 0.3) is 0 Å². The van der Waals surface area contributed by atoms with E-state index in [4.69, 9.17) is 5.11 Å². The molecule has 16 heavy (non-hydrogen) atoms. The van der Waals surface area contributed by atoms with Crippen LogP contribution < -0.4 is 0 Å². The van der Waals surface area contributed by atoms with Crippen molar-refractivity contribution in [3.05, 3.63) is 47.5 Å². The molecule has 0 atom stereocenters. The first-order valence-electron chi connectivity index (χ1n) is 5.93. The summed E-state index contributed by atoms with van der Waals surface area (Å²) in [5.41, 5.74) is 2.56. The predicted molar refractivity (Wildman–Crippen MR) is 66.4 cm³/mol. The van der Waals surface area contributed by atoms with Crippen LogP contribution in [0.3, 0.4) is 0 Å². The molecular formula is C14H19NO. The molecule has 0 saturated heterocycles. The van der Waals surface area contributed by atoms with Gasteiger partial charge in [0, 0.05) is 19.6 Å². The summed E-state index contributed by atoms with van der Waals surface area (Å²) in [6.07, 6.45) is 4.34. The van der Waals surface area contributed by atoms with E-state index in [2.05, 4.69) is 41.3 Å². The maximum absolute atomic E-state index is 9.10. The Kier molecular flexibility index (Phi) is 4.14. The van der Waals surface area contributed by atoms with Crippen molar-refractivity contribution in [1.82, 2.24) is 4.90 Å². The van der Waals surface area contributed by atoms with Crippen molar-refractivity contribution in [3.8, 4) is 0 Å². The lowest BCUT2D eigenvalue weighted by atomic mass is 10.1. The van der Waals surface area contributed by atoms with E-state index in [0.29, 0.717) is 0 Å². The number of aliphatic hydroxyl groups is 1. The fourth-order valence-corrected chi connectivity index (χ4v) is 2.12. The Balaban J connectivity index is 1.81. The summed E-state index contributed by atoms with van der Waals surface area (Å²) in [6.45, 7) is 3.35. The van der Waals surface area contributed by atoms with E-state index in [1.807, 2.05) is 0 Å². The van der Waals surface area contributed by atoms with Gasteiger partial charge in [0.2, 0.25) is 0 Å². The van der Waals surface area contributed by atoms with E-state index >= 15 is 0 Å². The second-order valence-corrected chi connectivity index (χ2v) is 4.32. The normalized spacial score (nSPS) is 17.2. The molecule has 1 aromatic rings. The molecule has 2 rings (SSSR count). The van der Waals surface area contributed by atoms with E-state index in [1.54, 1.807) is 0 Å². The minimum absolute atomic E-state index is 0.210. The van der Waals surface area contributed by atoms with Gasteiger partial charge in [-0.3, -0.25) is 4.90 Å². The molecule has 0 aromatic heterocycles. The minimum atomic E-state index is 0.210. The van der Waals surface area contributed by atoms with Crippen LogP contribution in [0.1, 0.15) is 12.0 Å². The molecule has 1 aliphatic rings. The van der Waals surface area contributed by atoms with Crippen LogP contribution in [0.5, 0.6) is 0 Å². The lowest BCUT2D eigenvalue weighted by Crippen LogP contribution is -2.32. The van der Waals surface area contributed by atoms with E-state index in [9.17, 15) is 0 Å². The molecule has 86 valence electrons. The van der Waals surface area contributed by atoms with Gasteiger partial charge in [-0.05, 0) is 24.0 Å². The summed E-state index contributed by atoms with van der Waals surface area (Å²) in [7, 11) is 0. The Labute approximate surface area is 97.2 Å². The molecule has 0 radical (unpaired) electrons. The highest BCUT2D eigenvalue weighted by molar-refractivity contribution is 5.15. The van der Waals surface area contributed by atoms with Crippen LogP contribution in [0, 0.1) is 0 Å². The molecule has 0 aliphatic carbocycles. The number of hydrogen-bond acceptors (Lipinski definition) is 2. The number of rotatable bonds is 4. The highest BCUT2D eigenvalue weighted by atomic mass is 16.3. The molecule has 1 heterocycles. The molecule has 1 aromatic carbocycles. The average molecular weight is 217 g/mol. The van der Waals surface area contributed by atoms with Gasteiger partial charge in [-0.2, -0.15) is 0 Å². The number of nitrogens with zero attached hydrogens (tertiary/aromatic N) is 1. The van der Waals surface area contributed by atoms with Gasteiger partial charge in [-0.25, -0.2) is 0 Å². The molecule has 0 fully saturated rings. The molecular weight excluding hydrogens is 198 g/mol. The van der Waals surface area contributed by atoms with Crippen molar-refractivity contribution in [3.63, 3.8) is 0 Å². The summed E-state index contributed by atoms with van der Waals surface area (Å²) < 4.78 is 0. The molecule has 0 spiro atoms. The predicted octanol–water partition coefficient (Wildman–Crippen LogP) is 1.85. The van der Waals surface area contributed by atoms with Crippen molar-refractivity contribution in [2.24, 2.45) is 0 Å². The molecule has 0 saturated carbocycles. The number of aliphatic hydroxyl groups excluding tert-OH is 1. The quantitative estimate of drug-likeness (QED) is 0.778. The van der Waals surface area contributed by atoms with Crippen LogP contribution in [-0.4, -0.2) is 36.2 Å². The number of hydrogen-bond donors (Lipinski definition) is 1. The molecule has 1 N–H and O–H groups in total. The topological polar surface area (TPSA) is 23.5 Å². The standard InChI is InChI=1S/C14H19NO/c16-12-14-7-4-9-15(11-14)10-8-13-5-2-1-3-6-13/h1-3,5-7,16H,4,8-12H2. The van der Waals surface area contributed by atoms with Gasteiger partial charge >= 0.3 is 0 Å². The summed E-state index contributed by atoms with van der Waals surface area (Å²) in [5, 5.41) is 9.10. The third-order valence-electron chi connectivity index (χ3n) is 3.07. The summed E-state index contributed by atoms with van der Waals surface area (Å²) in [4.78, 5) is 2.42. The van der Waals surface area contributed by atoms with Gasteiger partial charge in [-0.1, -0.05) is 36.4 Å². The summed E-state index contributed by atoms with van der Waals surface area (Å²) in [5.74, 6) is 0. The van der Waals surface area contributed by atoms with Crippen molar-refractivity contribution >= 4 is 0 Å². The highest BCUT2D eigenvalue weighted by Gasteiger charge is 2.11. The SMILES string of the molecule is OCC1=CCCN(CCc2ccccc2)C1. The third kappa shape index (κ3) is 3.19. The van der Waals surface area contributed by atoms with Crippen molar-refractivity contribution in [1.29, 1.82) is 0 Å². The van der Waals surface area contributed by atoms with E-state index in [-0.39, 0.29) is 6.61 Å². The Morgan fingerprint density at radius 2 is 2.00 bits per heavy atom. The van der Waals surface area contributed by atoms with Crippen LogP contribution >= 0.6 is 0 Å². The van der Waals surface area contributed by atoms with E-state index < -0.39 is 0 Å². The molecule has 0 amide bonds. The third-order valence-corrected chi connectivity index (χ3v) is 3.07. The zero-order chi connectivity index (χ0) is 11.2. The summed E-state index contributed by atoms with van der Waals surface area (Å²) in [6, 6.07) is 10.6. The Morgan fingerprint density at radius 1 is 1.19 bits per heavy atom. The average Bonchev–Trinajstić information content (AvgIpc) is 2.38. The van der Waals surface area contributed by atoms with Gasteiger partial charge < -0.3 is 5.11 Å². The van der Waals surface area contributed by atoms with Crippen LogP contribution in [0.25, 0.3) is 0 Å². The maximum atomic E-state index is 9.10. The van der Waals surface area contributed by atoms with E-state index in [0.717, 1.165) is 32.5 Å². The Morgan fingerprint density at radius 3 is 2.75 bits per heavy atom. The minimum Gasteiger partial charge on any atom is -0.392 e. The van der Waals surface area contributed by atoms with Crippen molar-refractivity contribution < 1.29 is 5.11 Å². The smallest absolute Gasteiger partial charge is 0.0654 e. The Bertz CT molecular complexity index is 345. The van der Waals surface area contributed by atoms with Crippen LogP contribution in [0.4, 0.5) is 0 Å². The van der Waals surface area contributed by atoms with Gasteiger partial charge in [-0.15, -0.1) is 0 Å². The lowest BCUT2D eigenvalue weighted by Gasteiger charge is -2.26.